The quantitative estimate of drug-likeness (QED) is 0.735. The number of carbonyl (C=O) groups excluding carboxylic acids is 1. The van der Waals surface area contributed by atoms with Gasteiger partial charge in [0.25, 0.3) is 0 Å². The van der Waals surface area contributed by atoms with Crippen molar-refractivity contribution < 1.29 is 9.53 Å². The zero-order valence-electron chi connectivity index (χ0n) is 7.53. The summed E-state index contributed by atoms with van der Waals surface area (Å²) in [5.74, 6) is 0.0910. The molecule has 0 amide bonds. The van der Waals surface area contributed by atoms with Crippen molar-refractivity contribution in [3.63, 3.8) is 0 Å². The van der Waals surface area contributed by atoms with Crippen LogP contribution in [0.15, 0.2) is 6.07 Å². The van der Waals surface area contributed by atoms with Crippen molar-refractivity contribution in [2.24, 2.45) is 0 Å². The summed E-state index contributed by atoms with van der Waals surface area (Å²) in [6, 6.07) is 1.69. The Kier molecular flexibility index (Phi) is 2.12. The van der Waals surface area contributed by atoms with Gasteiger partial charge in [0.2, 0.25) is 0 Å². The van der Waals surface area contributed by atoms with Crippen molar-refractivity contribution >= 4 is 33.3 Å². The summed E-state index contributed by atoms with van der Waals surface area (Å²) in [5, 5.41) is 7.33. The Bertz CT molecular complexity index is 474. The van der Waals surface area contributed by atoms with Gasteiger partial charge in [-0.3, -0.25) is 5.10 Å². The van der Waals surface area contributed by atoms with Crippen LogP contribution < -0.4 is 5.73 Å². The van der Waals surface area contributed by atoms with Crippen molar-refractivity contribution in [3.8, 4) is 0 Å². The van der Waals surface area contributed by atoms with Crippen molar-refractivity contribution in [2.75, 3.05) is 12.3 Å². The monoisotopic (exact) mass is 211 g/mol. The third-order valence-electron chi connectivity index (χ3n) is 1.76. The maximum Gasteiger partial charge on any atom is 0.348 e. The molecule has 2 heterocycles. The summed E-state index contributed by atoms with van der Waals surface area (Å²) in [6.45, 7) is 2.14. The van der Waals surface area contributed by atoms with Crippen LogP contribution >= 0.6 is 11.3 Å². The largest absolute Gasteiger partial charge is 0.462 e. The number of fused-ring (bicyclic) bond motifs is 1. The van der Waals surface area contributed by atoms with Gasteiger partial charge in [-0.15, -0.1) is 11.3 Å². The minimum atomic E-state index is -0.318. The fourth-order valence-electron chi connectivity index (χ4n) is 1.14. The fraction of sp³-hybridized carbons (Fsp3) is 0.250. The molecule has 0 spiro atoms. The van der Waals surface area contributed by atoms with E-state index in [9.17, 15) is 4.79 Å². The van der Waals surface area contributed by atoms with E-state index in [4.69, 9.17) is 10.5 Å². The molecule has 6 heteroatoms. The lowest BCUT2D eigenvalue weighted by Gasteiger charge is -1.96. The molecule has 2 aromatic heterocycles. The lowest BCUT2D eigenvalue weighted by Crippen LogP contribution is -2.01. The number of thiophene rings is 1. The smallest absolute Gasteiger partial charge is 0.348 e. The summed E-state index contributed by atoms with van der Waals surface area (Å²) in [6.07, 6.45) is 0. The molecule has 0 saturated heterocycles. The number of hydrogen-bond acceptors (Lipinski definition) is 5. The van der Waals surface area contributed by atoms with Gasteiger partial charge in [-0.25, -0.2) is 4.79 Å². The van der Waals surface area contributed by atoms with Crippen LogP contribution in [0.1, 0.15) is 16.6 Å². The zero-order valence-corrected chi connectivity index (χ0v) is 8.35. The van der Waals surface area contributed by atoms with Crippen molar-refractivity contribution in [3.05, 3.63) is 10.9 Å². The molecular weight excluding hydrogens is 202 g/mol. The number of aromatic amines is 1. The standard InChI is InChI=1S/C8H9N3O2S/c1-2-13-8(12)5-3-4-6(9)10-11-7(4)14-5/h3H,2H2,1H3,(H3,9,10,11). The Hall–Kier alpha value is -1.56. The fourth-order valence-corrected chi connectivity index (χ4v) is 2.04. The van der Waals surface area contributed by atoms with E-state index < -0.39 is 0 Å². The highest BCUT2D eigenvalue weighted by molar-refractivity contribution is 7.20. The second-order valence-electron chi connectivity index (χ2n) is 2.68. The first kappa shape index (κ1) is 9.01. The normalized spacial score (nSPS) is 10.6. The van der Waals surface area contributed by atoms with E-state index in [1.165, 1.54) is 11.3 Å². The molecule has 0 atom stereocenters. The number of anilines is 1. The maximum absolute atomic E-state index is 11.3. The maximum atomic E-state index is 11.3. The molecule has 0 radical (unpaired) electrons. The van der Waals surface area contributed by atoms with Gasteiger partial charge in [-0.2, -0.15) is 5.10 Å². The van der Waals surface area contributed by atoms with E-state index >= 15 is 0 Å². The number of H-pyrrole nitrogens is 1. The van der Waals surface area contributed by atoms with E-state index in [1.54, 1.807) is 13.0 Å². The molecule has 14 heavy (non-hydrogen) atoms. The molecule has 3 N–H and O–H groups in total. The highest BCUT2D eigenvalue weighted by Gasteiger charge is 2.13. The topological polar surface area (TPSA) is 81.0 Å². The molecule has 2 aromatic rings. The van der Waals surface area contributed by atoms with Crippen molar-refractivity contribution in [1.29, 1.82) is 0 Å². The Morgan fingerprint density at radius 3 is 3.21 bits per heavy atom. The van der Waals surface area contributed by atoms with E-state index in [1.807, 2.05) is 0 Å². The molecule has 2 rings (SSSR count). The van der Waals surface area contributed by atoms with Crippen molar-refractivity contribution in [2.45, 2.75) is 6.92 Å². The summed E-state index contributed by atoms with van der Waals surface area (Å²) in [7, 11) is 0. The van der Waals surface area contributed by atoms with Crippen LogP contribution in [0.2, 0.25) is 0 Å². The summed E-state index contributed by atoms with van der Waals surface area (Å²) in [5.41, 5.74) is 5.58. The Balaban J connectivity index is 2.40. The van der Waals surface area contributed by atoms with Gasteiger partial charge in [0.15, 0.2) is 5.82 Å². The van der Waals surface area contributed by atoms with Gasteiger partial charge in [-0.1, -0.05) is 0 Å². The third kappa shape index (κ3) is 1.33. The number of rotatable bonds is 2. The third-order valence-corrected chi connectivity index (χ3v) is 2.78. The molecule has 0 bridgehead atoms. The molecule has 74 valence electrons. The second-order valence-corrected chi connectivity index (χ2v) is 3.73. The van der Waals surface area contributed by atoms with E-state index in [2.05, 4.69) is 10.2 Å². The predicted molar refractivity (Wildman–Crippen MR) is 54.3 cm³/mol. The Labute approximate surface area is 83.9 Å². The number of nitrogens with two attached hydrogens (primary N) is 1. The molecule has 0 aliphatic rings. The highest BCUT2D eigenvalue weighted by Crippen LogP contribution is 2.27. The van der Waals surface area contributed by atoms with Crippen LogP contribution in [0, 0.1) is 0 Å². The SMILES string of the molecule is CCOC(=O)c1cc2c(N)n[nH]c2s1. The molecule has 0 aromatic carbocycles. The molecule has 0 aliphatic carbocycles. The predicted octanol–water partition coefficient (Wildman–Crippen LogP) is 1.38. The summed E-state index contributed by atoms with van der Waals surface area (Å²) < 4.78 is 4.86. The number of esters is 1. The van der Waals surface area contributed by atoms with Gasteiger partial charge in [0, 0.05) is 0 Å². The molecular formula is C8H9N3O2S. The number of carbonyl (C=O) groups is 1. The van der Waals surface area contributed by atoms with E-state index in [-0.39, 0.29) is 5.97 Å². The number of hydrogen-bond donors (Lipinski definition) is 2. The van der Waals surface area contributed by atoms with Crippen LogP contribution in [0.5, 0.6) is 0 Å². The summed E-state index contributed by atoms with van der Waals surface area (Å²) >= 11 is 1.29. The Morgan fingerprint density at radius 2 is 2.57 bits per heavy atom. The van der Waals surface area contributed by atoms with E-state index in [0.29, 0.717) is 17.3 Å². The number of aromatic nitrogens is 2. The molecule has 5 nitrogen and oxygen atoms in total. The molecule has 0 fully saturated rings. The van der Waals surface area contributed by atoms with Gasteiger partial charge >= 0.3 is 5.97 Å². The van der Waals surface area contributed by atoms with Gasteiger partial charge in [-0.05, 0) is 13.0 Å². The average Bonchev–Trinajstić information content (AvgIpc) is 2.69. The zero-order chi connectivity index (χ0) is 10.1. The van der Waals surface area contributed by atoms with Gasteiger partial charge < -0.3 is 10.5 Å². The minimum absolute atomic E-state index is 0.318. The van der Waals surface area contributed by atoms with Gasteiger partial charge in [0.1, 0.15) is 9.71 Å². The van der Waals surface area contributed by atoms with Crippen LogP contribution in [-0.2, 0) is 4.74 Å². The second kappa shape index (κ2) is 3.30. The minimum Gasteiger partial charge on any atom is -0.462 e. The van der Waals surface area contributed by atoms with Crippen LogP contribution in [-0.4, -0.2) is 22.8 Å². The molecule has 0 unspecified atom stereocenters. The highest BCUT2D eigenvalue weighted by atomic mass is 32.1. The Morgan fingerprint density at radius 1 is 1.79 bits per heavy atom. The lowest BCUT2D eigenvalue weighted by atomic mass is 10.3. The average molecular weight is 211 g/mol. The van der Waals surface area contributed by atoms with Crippen LogP contribution in [0.3, 0.4) is 0 Å². The van der Waals surface area contributed by atoms with Crippen LogP contribution in [0.25, 0.3) is 10.2 Å². The number of nitrogens with one attached hydrogen (secondary N) is 1. The summed E-state index contributed by atoms with van der Waals surface area (Å²) in [4.78, 5) is 12.7. The number of nitrogens with zero attached hydrogens (tertiary/aromatic N) is 1. The first-order valence-corrected chi connectivity index (χ1v) is 4.94. The lowest BCUT2D eigenvalue weighted by molar-refractivity contribution is 0.0532. The molecule has 0 saturated carbocycles. The molecule has 0 aliphatic heterocycles. The number of ether oxygens (including phenoxy) is 1. The van der Waals surface area contributed by atoms with Crippen LogP contribution in [0.4, 0.5) is 5.82 Å². The first-order valence-electron chi connectivity index (χ1n) is 4.13. The number of nitrogen functional groups attached to an aromatic ring is 1. The van der Waals surface area contributed by atoms with Crippen molar-refractivity contribution in [1.82, 2.24) is 10.2 Å². The van der Waals surface area contributed by atoms with E-state index in [0.717, 1.165) is 10.2 Å². The first-order chi connectivity index (χ1) is 6.72. The van der Waals surface area contributed by atoms with Gasteiger partial charge in [0.05, 0.1) is 12.0 Å².